The minimum Gasteiger partial charge on any atom is -0.349 e. The smallest absolute Gasteiger partial charge is 0.195 e. The van der Waals surface area contributed by atoms with E-state index >= 15 is 0 Å². The largest absolute Gasteiger partial charge is 0.349 e. The fraction of sp³-hybridized carbons (Fsp3) is 0.500. The molecule has 0 atom stereocenters. The molecule has 0 spiro atoms. The van der Waals surface area contributed by atoms with Gasteiger partial charge in [0.25, 0.3) is 0 Å². The lowest BCUT2D eigenvalue weighted by atomic mass is 10.5. The molecule has 0 aliphatic rings. The van der Waals surface area contributed by atoms with Gasteiger partial charge in [0.1, 0.15) is 0 Å². The zero-order chi connectivity index (χ0) is 10.6. The first-order chi connectivity index (χ1) is 6.61. The van der Waals surface area contributed by atoms with Gasteiger partial charge in [0.2, 0.25) is 0 Å². The van der Waals surface area contributed by atoms with Crippen LogP contribution in [0.15, 0.2) is 22.5 Å². The number of guanidine groups is 1. The van der Waals surface area contributed by atoms with Crippen molar-refractivity contribution in [3.63, 3.8) is 0 Å². The predicted octanol–water partition coefficient (Wildman–Crippen LogP) is 2.35. The van der Waals surface area contributed by atoms with E-state index in [9.17, 15) is 0 Å². The molecule has 0 amide bonds. The molecule has 5 heteroatoms. The summed E-state index contributed by atoms with van der Waals surface area (Å²) in [6.45, 7) is 0.767. The third-order valence-corrected chi connectivity index (χ3v) is 2.62. The maximum absolute atomic E-state index is 4.54. The van der Waals surface area contributed by atoms with Crippen LogP contribution < -0.4 is 0 Å². The topological polar surface area (TPSA) is 18.8 Å². The molecule has 0 aliphatic heterocycles. The molecule has 3 nitrogen and oxygen atoms in total. The van der Waals surface area contributed by atoms with Gasteiger partial charge in [0, 0.05) is 33.1 Å². The summed E-state index contributed by atoms with van der Waals surface area (Å²) < 4.78 is 0. The van der Waals surface area contributed by atoms with Gasteiger partial charge in [-0.3, -0.25) is 0 Å². The minimum atomic E-state index is 0. The number of rotatable bonds is 2. The Morgan fingerprint density at radius 1 is 1.27 bits per heavy atom. The molecular weight excluding hydrogens is 321 g/mol. The van der Waals surface area contributed by atoms with Crippen LogP contribution in [0.5, 0.6) is 0 Å². The van der Waals surface area contributed by atoms with E-state index in [4.69, 9.17) is 0 Å². The Hall–Kier alpha value is -0.300. The van der Waals surface area contributed by atoms with Crippen LogP contribution in [0.3, 0.4) is 0 Å². The molecule has 0 aromatic carbocycles. The van der Waals surface area contributed by atoms with Gasteiger partial charge in [-0.25, -0.2) is 4.99 Å². The summed E-state index contributed by atoms with van der Waals surface area (Å²) in [5, 5.41) is 2.08. The van der Waals surface area contributed by atoms with Crippen molar-refractivity contribution < 1.29 is 0 Å². The first-order valence-corrected chi connectivity index (χ1v) is 5.40. The molecule has 0 radical (unpaired) electrons. The van der Waals surface area contributed by atoms with Crippen molar-refractivity contribution in [3.05, 3.63) is 22.4 Å². The fourth-order valence-electron chi connectivity index (χ4n) is 1.23. The molecule has 1 aromatic heterocycles. The summed E-state index contributed by atoms with van der Waals surface area (Å²) in [4.78, 5) is 9.88. The molecular formula is C10H18IN3S. The number of thiophene rings is 1. The van der Waals surface area contributed by atoms with Gasteiger partial charge in [0.05, 0.1) is 6.54 Å². The van der Waals surface area contributed by atoms with E-state index in [0.29, 0.717) is 0 Å². The van der Waals surface area contributed by atoms with E-state index < -0.39 is 0 Å². The average Bonchev–Trinajstić information content (AvgIpc) is 2.55. The third-order valence-electron chi connectivity index (χ3n) is 1.76. The van der Waals surface area contributed by atoms with E-state index in [0.717, 1.165) is 12.5 Å². The van der Waals surface area contributed by atoms with Gasteiger partial charge >= 0.3 is 0 Å². The summed E-state index contributed by atoms with van der Waals surface area (Å²) >= 11 is 1.74. The maximum Gasteiger partial charge on any atom is 0.195 e. The van der Waals surface area contributed by atoms with E-state index in [-0.39, 0.29) is 24.0 Å². The zero-order valence-corrected chi connectivity index (χ0v) is 12.7. The normalized spacial score (nSPS) is 9.07. The van der Waals surface area contributed by atoms with Crippen LogP contribution in [0.2, 0.25) is 0 Å². The molecule has 15 heavy (non-hydrogen) atoms. The molecule has 1 heterocycles. The second-order valence-electron chi connectivity index (χ2n) is 3.48. The van der Waals surface area contributed by atoms with Crippen LogP contribution in [0.25, 0.3) is 0 Å². The Bertz CT molecular complexity index is 284. The molecule has 0 aliphatic carbocycles. The zero-order valence-electron chi connectivity index (χ0n) is 9.60. The molecule has 0 fully saturated rings. The summed E-state index contributed by atoms with van der Waals surface area (Å²) in [6, 6.07) is 4.16. The van der Waals surface area contributed by atoms with Crippen molar-refractivity contribution in [3.8, 4) is 0 Å². The maximum atomic E-state index is 4.54. The minimum absolute atomic E-state index is 0. The molecule has 0 N–H and O–H groups in total. The second kappa shape index (κ2) is 7.05. The van der Waals surface area contributed by atoms with Crippen LogP contribution in [-0.4, -0.2) is 44.0 Å². The number of hydrogen-bond donors (Lipinski definition) is 0. The van der Waals surface area contributed by atoms with Crippen LogP contribution in [0, 0.1) is 0 Å². The van der Waals surface area contributed by atoms with E-state index in [1.165, 1.54) is 4.88 Å². The Balaban J connectivity index is 0.00000196. The van der Waals surface area contributed by atoms with Gasteiger partial charge in [-0.2, -0.15) is 0 Å². The molecule has 0 saturated heterocycles. The Morgan fingerprint density at radius 3 is 2.27 bits per heavy atom. The van der Waals surface area contributed by atoms with Crippen LogP contribution >= 0.6 is 35.3 Å². The van der Waals surface area contributed by atoms with E-state index in [2.05, 4.69) is 22.5 Å². The van der Waals surface area contributed by atoms with E-state index in [1.807, 2.05) is 38.0 Å². The Labute approximate surface area is 113 Å². The number of nitrogens with zero attached hydrogens (tertiary/aromatic N) is 3. The van der Waals surface area contributed by atoms with Crippen molar-refractivity contribution >= 4 is 41.3 Å². The highest BCUT2D eigenvalue weighted by molar-refractivity contribution is 14.0. The lowest BCUT2D eigenvalue weighted by Crippen LogP contribution is -2.35. The van der Waals surface area contributed by atoms with Crippen LogP contribution in [0.1, 0.15) is 4.88 Å². The lowest BCUT2D eigenvalue weighted by molar-refractivity contribution is 0.479. The Morgan fingerprint density at radius 2 is 1.87 bits per heavy atom. The summed E-state index contributed by atoms with van der Waals surface area (Å²) in [7, 11) is 8.03. The molecule has 86 valence electrons. The molecule has 1 aromatic rings. The summed E-state index contributed by atoms with van der Waals surface area (Å²) in [5.41, 5.74) is 0. The van der Waals surface area contributed by atoms with E-state index in [1.54, 1.807) is 11.3 Å². The molecule has 0 unspecified atom stereocenters. The number of hydrogen-bond acceptors (Lipinski definition) is 2. The third kappa shape index (κ3) is 4.83. The highest BCUT2D eigenvalue weighted by atomic mass is 127. The van der Waals surface area contributed by atoms with Crippen molar-refractivity contribution in [2.24, 2.45) is 4.99 Å². The number of aliphatic imine (C=N–C) groups is 1. The van der Waals surface area contributed by atoms with Gasteiger partial charge in [-0.15, -0.1) is 35.3 Å². The highest BCUT2D eigenvalue weighted by Gasteiger charge is 2.03. The van der Waals surface area contributed by atoms with Gasteiger partial charge < -0.3 is 9.80 Å². The van der Waals surface area contributed by atoms with Gasteiger partial charge in [0.15, 0.2) is 5.96 Å². The standard InChI is InChI=1S/C10H17N3S.HI/c1-12(2)10(13(3)4)11-8-9-6-5-7-14-9;/h5-7H,8H2,1-4H3;1H. The second-order valence-corrected chi connectivity index (χ2v) is 4.52. The average molecular weight is 339 g/mol. The van der Waals surface area contributed by atoms with Crippen molar-refractivity contribution in [1.29, 1.82) is 0 Å². The number of halogens is 1. The molecule has 0 saturated carbocycles. The SMILES string of the molecule is CN(C)C(=NCc1cccs1)N(C)C.I. The fourth-order valence-corrected chi connectivity index (χ4v) is 1.86. The first kappa shape index (κ1) is 14.7. The summed E-state index contributed by atoms with van der Waals surface area (Å²) in [5.74, 6) is 0.999. The van der Waals surface area contributed by atoms with Gasteiger partial charge in [-0.1, -0.05) is 6.07 Å². The van der Waals surface area contributed by atoms with Gasteiger partial charge in [-0.05, 0) is 11.4 Å². The lowest BCUT2D eigenvalue weighted by Gasteiger charge is -2.22. The Kier molecular flexibility index (Phi) is 6.91. The molecule has 1 rings (SSSR count). The molecule has 0 bridgehead atoms. The quantitative estimate of drug-likeness (QED) is 0.468. The van der Waals surface area contributed by atoms with Crippen LogP contribution in [0.4, 0.5) is 0 Å². The van der Waals surface area contributed by atoms with Crippen molar-refractivity contribution in [2.45, 2.75) is 6.54 Å². The summed E-state index contributed by atoms with van der Waals surface area (Å²) in [6.07, 6.45) is 0. The first-order valence-electron chi connectivity index (χ1n) is 4.52. The van der Waals surface area contributed by atoms with Crippen LogP contribution in [-0.2, 0) is 6.54 Å². The highest BCUT2D eigenvalue weighted by Crippen LogP contribution is 2.09. The monoisotopic (exact) mass is 339 g/mol. The predicted molar refractivity (Wildman–Crippen MR) is 78.2 cm³/mol. The van der Waals surface area contributed by atoms with Crippen molar-refractivity contribution in [1.82, 2.24) is 9.80 Å². The van der Waals surface area contributed by atoms with Crippen molar-refractivity contribution in [2.75, 3.05) is 28.2 Å².